The molecule has 17 heavy (non-hydrogen) atoms. The Morgan fingerprint density at radius 1 is 1.53 bits per heavy atom. The number of nitrogens with zero attached hydrogens (tertiary/aromatic N) is 1. The van der Waals surface area contributed by atoms with Gasteiger partial charge in [-0.05, 0) is 31.7 Å². The Hall–Kier alpha value is -1.36. The van der Waals surface area contributed by atoms with Crippen LogP contribution in [0.4, 0.5) is 0 Å². The first kappa shape index (κ1) is 12.1. The van der Waals surface area contributed by atoms with E-state index in [1.807, 2.05) is 6.92 Å². The molecule has 0 radical (unpaired) electrons. The zero-order chi connectivity index (χ0) is 12.3. The number of aromatic nitrogens is 2. The number of carboxylic acids is 1. The van der Waals surface area contributed by atoms with Crippen molar-refractivity contribution < 1.29 is 14.6 Å². The zero-order valence-electron chi connectivity index (χ0n) is 10.0. The van der Waals surface area contributed by atoms with Crippen molar-refractivity contribution in [2.75, 3.05) is 13.2 Å². The van der Waals surface area contributed by atoms with Crippen LogP contribution in [0.2, 0.25) is 0 Å². The van der Waals surface area contributed by atoms with Crippen molar-refractivity contribution in [2.24, 2.45) is 0 Å². The molecule has 1 aliphatic rings. The van der Waals surface area contributed by atoms with Crippen molar-refractivity contribution in [3.63, 3.8) is 0 Å². The molecule has 1 fully saturated rings. The van der Waals surface area contributed by atoms with E-state index in [2.05, 4.69) is 10.2 Å². The van der Waals surface area contributed by atoms with Crippen molar-refractivity contribution >= 4 is 5.97 Å². The lowest BCUT2D eigenvalue weighted by atomic mass is 9.93. The Labute approximate surface area is 100 Å². The van der Waals surface area contributed by atoms with E-state index in [4.69, 9.17) is 9.84 Å². The highest BCUT2D eigenvalue weighted by Gasteiger charge is 2.21. The van der Waals surface area contributed by atoms with Gasteiger partial charge in [-0.3, -0.25) is 9.89 Å². The number of ether oxygens (including phenoxy) is 1. The molecule has 1 aliphatic heterocycles. The first-order chi connectivity index (χ1) is 8.18. The van der Waals surface area contributed by atoms with E-state index in [0.717, 1.165) is 43.0 Å². The van der Waals surface area contributed by atoms with Crippen molar-refractivity contribution in [1.29, 1.82) is 0 Å². The second kappa shape index (κ2) is 5.31. The van der Waals surface area contributed by atoms with Crippen molar-refractivity contribution in [1.82, 2.24) is 10.2 Å². The smallest absolute Gasteiger partial charge is 0.303 e. The number of aliphatic carboxylic acids is 1. The van der Waals surface area contributed by atoms with Crippen molar-refractivity contribution in [3.8, 4) is 0 Å². The summed E-state index contributed by atoms with van der Waals surface area (Å²) in [7, 11) is 0. The summed E-state index contributed by atoms with van der Waals surface area (Å²) < 4.78 is 5.33. The quantitative estimate of drug-likeness (QED) is 0.836. The fourth-order valence-corrected chi connectivity index (χ4v) is 2.29. The molecule has 0 amide bonds. The maximum absolute atomic E-state index is 10.5. The summed E-state index contributed by atoms with van der Waals surface area (Å²) in [6.07, 6.45) is 2.68. The Balaban J connectivity index is 2.05. The molecule has 1 aromatic heterocycles. The molecule has 5 nitrogen and oxygen atoms in total. The van der Waals surface area contributed by atoms with Gasteiger partial charge in [0.15, 0.2) is 0 Å². The predicted octanol–water partition coefficient (Wildman–Crippen LogP) is 1.63. The summed E-state index contributed by atoms with van der Waals surface area (Å²) >= 11 is 0. The van der Waals surface area contributed by atoms with Gasteiger partial charge in [0, 0.05) is 24.8 Å². The van der Waals surface area contributed by atoms with Crippen molar-refractivity contribution in [3.05, 3.63) is 17.0 Å². The van der Waals surface area contributed by atoms with E-state index < -0.39 is 5.97 Å². The lowest BCUT2D eigenvalue weighted by Crippen LogP contribution is -2.15. The molecule has 2 rings (SSSR count). The van der Waals surface area contributed by atoms with Crippen LogP contribution in [-0.2, 0) is 16.0 Å². The molecule has 0 unspecified atom stereocenters. The highest BCUT2D eigenvalue weighted by molar-refractivity contribution is 5.67. The lowest BCUT2D eigenvalue weighted by molar-refractivity contribution is -0.136. The first-order valence-electron chi connectivity index (χ1n) is 6.01. The number of hydrogen-bond acceptors (Lipinski definition) is 3. The van der Waals surface area contributed by atoms with Crippen molar-refractivity contribution in [2.45, 2.75) is 38.5 Å². The monoisotopic (exact) mass is 238 g/mol. The van der Waals surface area contributed by atoms with Gasteiger partial charge in [-0.1, -0.05) is 0 Å². The summed E-state index contributed by atoms with van der Waals surface area (Å²) in [5.74, 6) is -0.315. The molecule has 0 aromatic carbocycles. The summed E-state index contributed by atoms with van der Waals surface area (Å²) in [6.45, 7) is 3.61. The largest absolute Gasteiger partial charge is 0.481 e. The van der Waals surface area contributed by atoms with Crippen LogP contribution in [0.3, 0.4) is 0 Å². The number of carboxylic acid groups (broad SMARTS) is 1. The highest BCUT2D eigenvalue weighted by Crippen LogP contribution is 2.28. The minimum absolute atomic E-state index is 0.149. The number of H-pyrrole nitrogens is 1. The number of carbonyl (C=O) groups is 1. The molecular formula is C12H18N2O3. The molecule has 0 spiro atoms. The number of rotatable bonds is 4. The molecule has 0 atom stereocenters. The number of hydrogen-bond donors (Lipinski definition) is 2. The maximum Gasteiger partial charge on any atom is 0.303 e. The average Bonchev–Trinajstić information content (AvgIpc) is 2.69. The van der Waals surface area contributed by atoms with Crippen LogP contribution < -0.4 is 0 Å². The normalized spacial score (nSPS) is 17.2. The zero-order valence-corrected chi connectivity index (χ0v) is 10.0. The Morgan fingerprint density at radius 2 is 2.24 bits per heavy atom. The van der Waals surface area contributed by atoms with Gasteiger partial charge in [0.1, 0.15) is 0 Å². The summed E-state index contributed by atoms with van der Waals surface area (Å²) in [6, 6.07) is 0. The summed E-state index contributed by atoms with van der Waals surface area (Å²) in [4.78, 5) is 10.5. The summed E-state index contributed by atoms with van der Waals surface area (Å²) in [5, 5.41) is 16.0. The van der Waals surface area contributed by atoms with Crippen LogP contribution in [0.1, 0.15) is 42.1 Å². The third-order valence-corrected chi connectivity index (χ3v) is 3.35. The second-order valence-electron chi connectivity index (χ2n) is 4.49. The third-order valence-electron chi connectivity index (χ3n) is 3.35. The molecular weight excluding hydrogens is 220 g/mol. The summed E-state index contributed by atoms with van der Waals surface area (Å²) in [5.41, 5.74) is 3.17. The fraction of sp³-hybridized carbons (Fsp3) is 0.667. The van der Waals surface area contributed by atoms with E-state index in [1.165, 1.54) is 0 Å². The molecule has 0 bridgehead atoms. The Morgan fingerprint density at radius 3 is 2.88 bits per heavy atom. The lowest BCUT2D eigenvalue weighted by Gasteiger charge is -2.20. The molecule has 0 aliphatic carbocycles. The van der Waals surface area contributed by atoms with Crippen LogP contribution in [0.5, 0.6) is 0 Å². The van der Waals surface area contributed by atoms with E-state index in [1.54, 1.807) is 0 Å². The van der Waals surface area contributed by atoms with Crippen LogP contribution in [0.15, 0.2) is 0 Å². The molecule has 1 aromatic rings. The maximum atomic E-state index is 10.5. The number of aryl methyl sites for hydroxylation is 1. The van der Waals surface area contributed by atoms with E-state index in [-0.39, 0.29) is 6.42 Å². The van der Waals surface area contributed by atoms with E-state index in [9.17, 15) is 4.79 Å². The molecule has 2 heterocycles. The van der Waals surface area contributed by atoms with Crippen LogP contribution >= 0.6 is 0 Å². The SMILES string of the molecule is Cc1c(C2CCOCC2)n[nH]c1CCC(=O)O. The van der Waals surface area contributed by atoms with E-state index >= 15 is 0 Å². The number of nitrogens with one attached hydrogen (secondary N) is 1. The van der Waals surface area contributed by atoms with Gasteiger partial charge < -0.3 is 9.84 Å². The van der Waals surface area contributed by atoms with Crippen LogP contribution in [0.25, 0.3) is 0 Å². The molecule has 0 saturated carbocycles. The molecule has 1 saturated heterocycles. The fourth-order valence-electron chi connectivity index (χ4n) is 2.29. The van der Waals surface area contributed by atoms with Gasteiger partial charge in [0.05, 0.1) is 12.1 Å². The Bertz CT molecular complexity index is 394. The van der Waals surface area contributed by atoms with Gasteiger partial charge in [-0.15, -0.1) is 0 Å². The van der Waals surface area contributed by atoms with Gasteiger partial charge >= 0.3 is 5.97 Å². The van der Waals surface area contributed by atoms with Gasteiger partial charge in [-0.25, -0.2) is 0 Å². The highest BCUT2D eigenvalue weighted by atomic mass is 16.5. The van der Waals surface area contributed by atoms with Crippen LogP contribution in [-0.4, -0.2) is 34.5 Å². The predicted molar refractivity (Wildman–Crippen MR) is 62.1 cm³/mol. The number of aromatic amines is 1. The van der Waals surface area contributed by atoms with Gasteiger partial charge in [0.25, 0.3) is 0 Å². The topological polar surface area (TPSA) is 75.2 Å². The van der Waals surface area contributed by atoms with Gasteiger partial charge in [0.2, 0.25) is 0 Å². The second-order valence-corrected chi connectivity index (χ2v) is 4.49. The minimum Gasteiger partial charge on any atom is -0.481 e. The molecule has 2 N–H and O–H groups in total. The van der Waals surface area contributed by atoms with Crippen LogP contribution in [0, 0.1) is 6.92 Å². The first-order valence-corrected chi connectivity index (χ1v) is 6.01. The molecule has 94 valence electrons. The van der Waals surface area contributed by atoms with E-state index in [0.29, 0.717) is 12.3 Å². The average molecular weight is 238 g/mol. The Kier molecular flexibility index (Phi) is 3.78. The standard InChI is InChI=1S/C12H18N2O3/c1-8-10(2-3-11(15)16)13-14-12(8)9-4-6-17-7-5-9/h9H,2-7H2,1H3,(H,13,14)(H,15,16). The minimum atomic E-state index is -0.772. The molecule has 5 heteroatoms. The van der Waals surface area contributed by atoms with Gasteiger partial charge in [-0.2, -0.15) is 5.10 Å². The third kappa shape index (κ3) is 2.85.